The first-order valence-corrected chi connectivity index (χ1v) is 6.62. The Morgan fingerprint density at radius 3 is 2.71 bits per heavy atom. The third-order valence-corrected chi connectivity index (χ3v) is 3.51. The molecule has 2 aromatic rings. The highest BCUT2D eigenvalue weighted by atomic mass is 35.5. The van der Waals surface area contributed by atoms with Crippen LogP contribution in [0.3, 0.4) is 0 Å². The Kier molecular flexibility index (Phi) is 3.22. The van der Waals surface area contributed by atoms with Crippen molar-refractivity contribution >= 4 is 29.0 Å². The molecule has 0 saturated heterocycles. The number of aryl methyl sites for hydroxylation is 1. The number of rotatable bonds is 2. The molecule has 0 radical (unpaired) electrons. The second kappa shape index (κ2) is 4.93. The van der Waals surface area contributed by atoms with Crippen molar-refractivity contribution < 1.29 is 14.0 Å². The van der Waals surface area contributed by atoms with Gasteiger partial charge in [-0.3, -0.25) is 14.5 Å². The van der Waals surface area contributed by atoms with Crippen LogP contribution in [-0.4, -0.2) is 16.7 Å². The molecule has 3 rings (SSSR count). The van der Waals surface area contributed by atoms with Crippen molar-refractivity contribution in [3.8, 4) is 0 Å². The molecule has 1 aromatic heterocycles. The predicted octanol–water partition coefficient (Wildman–Crippen LogP) is 2.91. The van der Waals surface area contributed by atoms with Gasteiger partial charge in [0.25, 0.3) is 11.7 Å². The predicted molar refractivity (Wildman–Crippen MR) is 75.9 cm³/mol. The summed E-state index contributed by atoms with van der Waals surface area (Å²) in [5, 5.41) is 0.324. The number of nitrogens with zero attached hydrogens (tertiary/aromatic N) is 2. The molecule has 2 heterocycles. The van der Waals surface area contributed by atoms with Crippen molar-refractivity contribution in [3.05, 3.63) is 58.1 Å². The fourth-order valence-electron chi connectivity index (χ4n) is 2.35. The van der Waals surface area contributed by atoms with Gasteiger partial charge in [-0.1, -0.05) is 17.7 Å². The molecule has 21 heavy (non-hydrogen) atoms. The molecule has 106 valence electrons. The summed E-state index contributed by atoms with van der Waals surface area (Å²) in [7, 11) is 0. The zero-order valence-electron chi connectivity index (χ0n) is 11.1. The number of amides is 1. The lowest BCUT2D eigenvalue weighted by Crippen LogP contribution is -2.29. The summed E-state index contributed by atoms with van der Waals surface area (Å²) in [4.78, 5) is 29.1. The molecule has 0 N–H and O–H groups in total. The fourth-order valence-corrected chi connectivity index (χ4v) is 2.47. The molecule has 1 aliphatic heterocycles. The maximum atomic E-state index is 14.1. The normalized spacial score (nSPS) is 13.8. The van der Waals surface area contributed by atoms with Gasteiger partial charge in [0.2, 0.25) is 0 Å². The van der Waals surface area contributed by atoms with Crippen molar-refractivity contribution in [1.29, 1.82) is 0 Å². The Morgan fingerprint density at radius 1 is 1.29 bits per heavy atom. The van der Waals surface area contributed by atoms with Crippen LogP contribution in [0.25, 0.3) is 0 Å². The van der Waals surface area contributed by atoms with Gasteiger partial charge in [-0.25, -0.2) is 9.37 Å². The van der Waals surface area contributed by atoms with E-state index in [-0.39, 0.29) is 17.8 Å². The Balaban J connectivity index is 2.03. The van der Waals surface area contributed by atoms with E-state index in [2.05, 4.69) is 4.98 Å². The third-order valence-electron chi connectivity index (χ3n) is 3.29. The SMILES string of the molecule is Cc1cc(F)c2c(c1)C(=O)C(=O)N2Cc1ccc(Cl)nc1. The number of carbonyl (C=O) groups is 2. The lowest BCUT2D eigenvalue weighted by atomic mass is 10.1. The molecule has 0 bridgehead atoms. The highest BCUT2D eigenvalue weighted by Crippen LogP contribution is 2.33. The van der Waals surface area contributed by atoms with Crippen molar-refractivity contribution in [3.63, 3.8) is 0 Å². The van der Waals surface area contributed by atoms with Crippen molar-refractivity contribution in [1.82, 2.24) is 4.98 Å². The summed E-state index contributed by atoms with van der Waals surface area (Å²) >= 11 is 5.70. The molecular weight excluding hydrogens is 295 g/mol. The average molecular weight is 305 g/mol. The number of pyridine rings is 1. The first-order chi connectivity index (χ1) is 9.97. The molecule has 6 heteroatoms. The van der Waals surface area contributed by atoms with E-state index in [1.54, 1.807) is 19.1 Å². The first kappa shape index (κ1) is 13.7. The first-order valence-electron chi connectivity index (χ1n) is 6.24. The standard InChI is InChI=1S/C15H10ClFN2O2/c1-8-4-10-13(11(17)5-8)19(15(21)14(10)20)7-9-2-3-12(16)18-6-9/h2-6H,7H2,1H3. The van der Waals surface area contributed by atoms with Crippen LogP contribution in [0, 0.1) is 12.7 Å². The van der Waals surface area contributed by atoms with Crippen LogP contribution >= 0.6 is 11.6 Å². The van der Waals surface area contributed by atoms with Gasteiger partial charge in [0.15, 0.2) is 0 Å². The van der Waals surface area contributed by atoms with E-state index in [0.717, 1.165) is 4.90 Å². The summed E-state index contributed by atoms with van der Waals surface area (Å²) in [6.07, 6.45) is 1.49. The lowest BCUT2D eigenvalue weighted by molar-refractivity contribution is -0.114. The summed E-state index contributed by atoms with van der Waals surface area (Å²) in [5.74, 6) is -2.00. The molecule has 0 atom stereocenters. The number of halogens is 2. The number of hydrogen-bond acceptors (Lipinski definition) is 3. The quantitative estimate of drug-likeness (QED) is 0.633. The van der Waals surface area contributed by atoms with E-state index in [9.17, 15) is 14.0 Å². The van der Waals surface area contributed by atoms with Gasteiger partial charge in [0.1, 0.15) is 11.0 Å². The zero-order valence-corrected chi connectivity index (χ0v) is 11.8. The summed E-state index contributed by atoms with van der Waals surface area (Å²) in [6, 6.07) is 6.08. The maximum Gasteiger partial charge on any atom is 0.299 e. The van der Waals surface area contributed by atoms with Crippen LogP contribution in [0.2, 0.25) is 5.15 Å². The number of anilines is 1. The summed E-state index contributed by atoms with van der Waals surface area (Å²) < 4.78 is 14.1. The van der Waals surface area contributed by atoms with Crippen molar-refractivity contribution in [2.75, 3.05) is 4.90 Å². The van der Waals surface area contributed by atoms with Gasteiger partial charge in [-0.15, -0.1) is 0 Å². The van der Waals surface area contributed by atoms with E-state index < -0.39 is 17.5 Å². The van der Waals surface area contributed by atoms with Gasteiger partial charge in [0.05, 0.1) is 17.8 Å². The van der Waals surface area contributed by atoms with Gasteiger partial charge < -0.3 is 0 Å². The molecule has 4 nitrogen and oxygen atoms in total. The Hall–Kier alpha value is -2.27. The molecule has 0 fully saturated rings. The van der Waals surface area contributed by atoms with E-state index in [1.807, 2.05) is 0 Å². The summed E-state index contributed by atoms with van der Waals surface area (Å²) in [5.41, 5.74) is 1.40. The molecular formula is C15H10ClFN2O2. The zero-order chi connectivity index (χ0) is 15.1. The smallest absolute Gasteiger partial charge is 0.297 e. The highest BCUT2D eigenvalue weighted by Gasteiger charge is 2.38. The number of fused-ring (bicyclic) bond motifs is 1. The van der Waals surface area contributed by atoms with Gasteiger partial charge in [-0.2, -0.15) is 0 Å². The van der Waals surface area contributed by atoms with E-state index in [0.29, 0.717) is 16.3 Å². The molecule has 0 saturated carbocycles. The van der Waals surface area contributed by atoms with E-state index in [1.165, 1.54) is 18.3 Å². The van der Waals surface area contributed by atoms with Crippen LogP contribution in [0.4, 0.5) is 10.1 Å². The van der Waals surface area contributed by atoms with Crippen LogP contribution < -0.4 is 4.90 Å². The Labute approximate surface area is 125 Å². The Morgan fingerprint density at radius 2 is 2.05 bits per heavy atom. The van der Waals surface area contributed by atoms with Crippen molar-refractivity contribution in [2.45, 2.75) is 13.5 Å². The highest BCUT2D eigenvalue weighted by molar-refractivity contribution is 6.52. The number of ketones is 1. The average Bonchev–Trinajstić information content (AvgIpc) is 2.67. The monoisotopic (exact) mass is 304 g/mol. The van der Waals surface area contributed by atoms with Crippen LogP contribution in [0.15, 0.2) is 30.5 Å². The minimum Gasteiger partial charge on any atom is -0.297 e. The molecule has 0 spiro atoms. The molecule has 1 amide bonds. The maximum absolute atomic E-state index is 14.1. The minimum absolute atomic E-state index is 0.0329. The van der Waals surface area contributed by atoms with E-state index in [4.69, 9.17) is 11.6 Å². The second-order valence-electron chi connectivity index (χ2n) is 4.85. The largest absolute Gasteiger partial charge is 0.299 e. The number of hydrogen-bond donors (Lipinski definition) is 0. The van der Waals surface area contributed by atoms with Gasteiger partial charge >= 0.3 is 0 Å². The fraction of sp³-hybridized carbons (Fsp3) is 0.133. The van der Waals surface area contributed by atoms with Crippen molar-refractivity contribution in [2.24, 2.45) is 0 Å². The minimum atomic E-state index is -0.732. The molecule has 1 aliphatic rings. The Bertz CT molecular complexity index is 759. The van der Waals surface area contributed by atoms with E-state index >= 15 is 0 Å². The number of Topliss-reactive ketones (excluding diaryl/α,β-unsaturated/α-hetero) is 1. The third kappa shape index (κ3) is 2.29. The second-order valence-corrected chi connectivity index (χ2v) is 5.24. The topological polar surface area (TPSA) is 50.3 Å². The van der Waals surface area contributed by atoms with Crippen LogP contribution in [0.1, 0.15) is 21.5 Å². The van der Waals surface area contributed by atoms with Gasteiger partial charge in [0, 0.05) is 6.20 Å². The van der Waals surface area contributed by atoms with Crippen LogP contribution in [0.5, 0.6) is 0 Å². The number of carbonyl (C=O) groups excluding carboxylic acids is 2. The molecule has 0 unspecified atom stereocenters. The summed E-state index contributed by atoms with van der Waals surface area (Å²) in [6.45, 7) is 1.74. The number of benzene rings is 1. The van der Waals surface area contributed by atoms with Crippen LogP contribution in [-0.2, 0) is 11.3 Å². The number of aromatic nitrogens is 1. The molecule has 0 aliphatic carbocycles. The lowest BCUT2D eigenvalue weighted by Gasteiger charge is -2.17. The molecule has 1 aromatic carbocycles. The van der Waals surface area contributed by atoms with Gasteiger partial charge in [-0.05, 0) is 36.2 Å².